The summed E-state index contributed by atoms with van der Waals surface area (Å²) in [5, 5.41) is 19.6. The highest BCUT2D eigenvalue weighted by atomic mass is 16.3. The lowest BCUT2D eigenvalue weighted by Crippen LogP contribution is -2.48. The Morgan fingerprint density at radius 3 is 2.12 bits per heavy atom. The summed E-state index contributed by atoms with van der Waals surface area (Å²) in [5.41, 5.74) is 2.02. The van der Waals surface area contributed by atoms with Crippen molar-refractivity contribution in [2.24, 2.45) is 29.1 Å². The molecule has 2 aliphatic carbocycles. The average molecular weight is 577 g/mol. The van der Waals surface area contributed by atoms with E-state index in [0.29, 0.717) is 24.9 Å². The van der Waals surface area contributed by atoms with Crippen molar-refractivity contribution in [1.82, 2.24) is 4.90 Å². The molecule has 2 saturated heterocycles. The molecule has 0 spiro atoms. The van der Waals surface area contributed by atoms with Gasteiger partial charge in [-0.3, -0.25) is 24.1 Å². The first-order valence-electron chi connectivity index (χ1n) is 14.8. The first kappa shape index (κ1) is 27.1. The predicted molar refractivity (Wildman–Crippen MR) is 158 cm³/mol. The molecule has 4 amide bonds. The van der Waals surface area contributed by atoms with E-state index >= 15 is 0 Å². The van der Waals surface area contributed by atoms with Gasteiger partial charge in [-0.1, -0.05) is 54.1 Å². The number of imide groups is 2. The first-order valence-corrected chi connectivity index (χ1v) is 14.8. The highest BCUT2D eigenvalue weighted by Crippen LogP contribution is 2.63. The van der Waals surface area contributed by atoms with Crippen LogP contribution in [-0.4, -0.2) is 45.3 Å². The van der Waals surface area contributed by atoms with Gasteiger partial charge in [0, 0.05) is 12.5 Å². The molecule has 2 aliphatic heterocycles. The Bertz CT molecular complexity index is 1660. The maximum atomic E-state index is 14.3. The highest BCUT2D eigenvalue weighted by Gasteiger charge is 2.67. The summed E-state index contributed by atoms with van der Waals surface area (Å²) in [6, 6.07) is 22.4. The van der Waals surface area contributed by atoms with Gasteiger partial charge < -0.3 is 10.2 Å². The number of carbonyl (C=O) groups is 4. The van der Waals surface area contributed by atoms with Gasteiger partial charge >= 0.3 is 0 Å². The SMILES string of the molecule is C[C@@]12C(=O)N(c3ccccc3)C(=O)[C@@H]1C[C@@H]1C(=CC[C@@H]3C(=O)N(CCc4ccc(O)cc4)C(=O)[C@@H]31)[C@@H]2c1ccc(O)cc1. The number of phenols is 2. The number of aromatic hydroxyl groups is 2. The molecule has 3 aromatic rings. The van der Waals surface area contributed by atoms with Gasteiger partial charge in [0.05, 0.1) is 28.9 Å². The molecule has 0 unspecified atom stereocenters. The van der Waals surface area contributed by atoms with E-state index in [1.54, 1.807) is 72.8 Å². The van der Waals surface area contributed by atoms with Gasteiger partial charge in [0.2, 0.25) is 23.6 Å². The Morgan fingerprint density at radius 2 is 1.44 bits per heavy atom. The molecule has 8 heteroatoms. The minimum Gasteiger partial charge on any atom is -0.508 e. The van der Waals surface area contributed by atoms with Crippen LogP contribution < -0.4 is 4.90 Å². The van der Waals surface area contributed by atoms with E-state index in [9.17, 15) is 29.4 Å². The lowest BCUT2D eigenvalue weighted by Gasteiger charge is -2.49. The molecule has 0 bridgehead atoms. The summed E-state index contributed by atoms with van der Waals surface area (Å²) >= 11 is 0. The van der Waals surface area contributed by atoms with Crippen LogP contribution in [0.25, 0.3) is 0 Å². The number of rotatable bonds is 5. The lowest BCUT2D eigenvalue weighted by molar-refractivity contribution is -0.140. The number of anilines is 1. The van der Waals surface area contributed by atoms with Gasteiger partial charge in [0.1, 0.15) is 11.5 Å². The van der Waals surface area contributed by atoms with Gasteiger partial charge in [0.25, 0.3) is 0 Å². The molecule has 3 aromatic carbocycles. The fourth-order valence-electron chi connectivity index (χ4n) is 8.07. The molecule has 1 saturated carbocycles. The number of benzene rings is 3. The monoisotopic (exact) mass is 576 g/mol. The molecule has 4 aliphatic rings. The van der Waals surface area contributed by atoms with Crippen LogP contribution >= 0.6 is 0 Å². The minimum atomic E-state index is -1.11. The second kappa shape index (κ2) is 9.93. The van der Waals surface area contributed by atoms with Gasteiger partial charge in [-0.2, -0.15) is 0 Å². The maximum Gasteiger partial charge on any atom is 0.241 e. The third kappa shape index (κ3) is 4.03. The number of nitrogens with zero attached hydrogens (tertiary/aromatic N) is 2. The standard InChI is InChI=1S/C35H32N2O6/c1-35-28(32(41)37(34(35)43)22-5-3-2-4-6-22)19-27-25(30(35)21-9-13-24(39)14-10-21)15-16-26-29(27)33(42)36(31(26)40)18-17-20-7-11-23(38)12-8-20/h2-15,26-30,38-39H,16-19H2,1H3/t26-,27+,28-,29-,30-,35+/m0/s1. The van der Waals surface area contributed by atoms with Gasteiger partial charge in [-0.05, 0) is 79.6 Å². The molecule has 8 nitrogen and oxygen atoms in total. The van der Waals surface area contributed by atoms with E-state index in [0.717, 1.165) is 16.7 Å². The third-order valence-corrected chi connectivity index (χ3v) is 10.2. The molecule has 7 rings (SSSR count). The summed E-state index contributed by atoms with van der Waals surface area (Å²) < 4.78 is 0. The first-order chi connectivity index (χ1) is 20.7. The number of carbonyl (C=O) groups excluding carboxylic acids is 4. The largest absolute Gasteiger partial charge is 0.508 e. The number of amides is 4. The number of fused-ring (bicyclic) bond motifs is 4. The average Bonchev–Trinajstić information content (AvgIpc) is 3.37. The van der Waals surface area contributed by atoms with Crippen molar-refractivity contribution in [3.05, 3.63) is 102 Å². The Labute approximate surface area is 249 Å². The van der Waals surface area contributed by atoms with Crippen molar-refractivity contribution in [3.63, 3.8) is 0 Å². The normalized spacial score (nSPS) is 29.8. The van der Waals surface area contributed by atoms with Crippen molar-refractivity contribution >= 4 is 29.3 Å². The third-order valence-electron chi connectivity index (χ3n) is 10.2. The van der Waals surface area contributed by atoms with Crippen LogP contribution in [0, 0.1) is 29.1 Å². The summed E-state index contributed by atoms with van der Waals surface area (Å²) in [7, 11) is 0. The summed E-state index contributed by atoms with van der Waals surface area (Å²) in [5.74, 6) is -3.43. The molecule has 218 valence electrons. The molecule has 6 atom stereocenters. The van der Waals surface area contributed by atoms with Gasteiger partial charge in [0.15, 0.2) is 0 Å². The second-order valence-electron chi connectivity index (χ2n) is 12.3. The highest BCUT2D eigenvalue weighted by molar-refractivity contribution is 6.24. The number of para-hydroxylation sites is 1. The number of likely N-dealkylation sites (tertiary alicyclic amines) is 1. The van der Waals surface area contributed by atoms with Crippen LogP contribution in [0.15, 0.2) is 90.5 Å². The van der Waals surface area contributed by atoms with E-state index in [1.807, 2.05) is 19.1 Å². The van der Waals surface area contributed by atoms with E-state index in [1.165, 1.54) is 9.80 Å². The van der Waals surface area contributed by atoms with Crippen molar-refractivity contribution in [1.29, 1.82) is 0 Å². The molecule has 0 aromatic heterocycles. The quantitative estimate of drug-likeness (QED) is 0.340. The number of allylic oxidation sites excluding steroid dienone is 2. The van der Waals surface area contributed by atoms with E-state index in [2.05, 4.69) is 0 Å². The van der Waals surface area contributed by atoms with Gasteiger partial charge in [-0.15, -0.1) is 0 Å². The fraction of sp³-hybridized carbons (Fsp3) is 0.314. The van der Waals surface area contributed by atoms with Crippen molar-refractivity contribution < 1.29 is 29.4 Å². The van der Waals surface area contributed by atoms with Crippen molar-refractivity contribution in [3.8, 4) is 11.5 Å². The molecule has 0 radical (unpaired) electrons. The number of hydrogen-bond acceptors (Lipinski definition) is 6. The molecule has 2 N–H and O–H groups in total. The van der Waals surface area contributed by atoms with E-state index < -0.39 is 29.1 Å². The second-order valence-corrected chi connectivity index (χ2v) is 12.3. The van der Waals surface area contributed by atoms with Gasteiger partial charge in [-0.25, -0.2) is 4.90 Å². The molecule has 3 fully saturated rings. The Balaban J connectivity index is 1.27. The molecule has 2 heterocycles. The Morgan fingerprint density at radius 1 is 0.791 bits per heavy atom. The van der Waals surface area contributed by atoms with Crippen LogP contribution in [0.1, 0.15) is 36.8 Å². The smallest absolute Gasteiger partial charge is 0.241 e. The van der Waals surface area contributed by atoms with Crippen molar-refractivity contribution in [2.75, 3.05) is 11.4 Å². The number of phenolic OH excluding ortho intramolecular Hbond substituents is 2. The lowest BCUT2D eigenvalue weighted by atomic mass is 9.51. The topological polar surface area (TPSA) is 115 Å². The predicted octanol–water partition coefficient (Wildman–Crippen LogP) is 4.57. The number of hydrogen-bond donors (Lipinski definition) is 2. The van der Waals surface area contributed by atoms with E-state index in [-0.39, 0.29) is 47.6 Å². The minimum absolute atomic E-state index is 0.0936. The van der Waals surface area contributed by atoms with Crippen LogP contribution in [0.4, 0.5) is 5.69 Å². The van der Waals surface area contributed by atoms with Crippen LogP contribution in [0.5, 0.6) is 11.5 Å². The Hall–Kier alpha value is -4.72. The molecule has 43 heavy (non-hydrogen) atoms. The zero-order valence-electron chi connectivity index (χ0n) is 23.7. The summed E-state index contributed by atoms with van der Waals surface area (Å²) in [4.78, 5) is 58.7. The van der Waals surface area contributed by atoms with E-state index in [4.69, 9.17) is 0 Å². The zero-order chi connectivity index (χ0) is 30.0. The van der Waals surface area contributed by atoms with Crippen molar-refractivity contribution in [2.45, 2.75) is 32.1 Å². The zero-order valence-corrected chi connectivity index (χ0v) is 23.7. The fourth-order valence-corrected chi connectivity index (χ4v) is 8.07. The summed E-state index contributed by atoms with van der Waals surface area (Å²) in [6.07, 6.45) is 3.19. The van der Waals surface area contributed by atoms with Crippen LogP contribution in [-0.2, 0) is 25.6 Å². The molecular formula is C35H32N2O6. The Kier molecular flexibility index (Phi) is 6.27. The van der Waals surface area contributed by atoms with Crippen LogP contribution in [0.2, 0.25) is 0 Å². The summed E-state index contributed by atoms with van der Waals surface area (Å²) in [6.45, 7) is 2.09. The molecular weight excluding hydrogens is 544 g/mol. The maximum absolute atomic E-state index is 14.3. The van der Waals surface area contributed by atoms with Crippen LogP contribution in [0.3, 0.4) is 0 Å².